The minimum Gasteiger partial charge on any atom is -0.488 e. The number of benzene rings is 2. The van der Waals surface area contributed by atoms with Crippen molar-refractivity contribution in [2.75, 3.05) is 13.4 Å². The van der Waals surface area contributed by atoms with Gasteiger partial charge >= 0.3 is 5.97 Å². The number of hydrogen-bond acceptors (Lipinski definition) is 8. The normalized spacial score (nSPS) is 11.9. The van der Waals surface area contributed by atoms with Gasteiger partial charge in [-0.05, 0) is 44.2 Å². The minimum atomic E-state index is -0.654. The molecule has 0 amide bonds. The molecular weight excluding hydrogens is 390 g/mol. The number of fused-ring (bicyclic) bond motifs is 1. The molecule has 154 valence electrons. The van der Waals surface area contributed by atoms with Crippen LogP contribution in [-0.4, -0.2) is 30.3 Å². The molecule has 4 rings (SSSR count). The van der Waals surface area contributed by atoms with E-state index in [-0.39, 0.29) is 24.7 Å². The van der Waals surface area contributed by atoms with Gasteiger partial charge in [0.15, 0.2) is 23.9 Å². The summed E-state index contributed by atoms with van der Waals surface area (Å²) in [6.07, 6.45) is 0. The van der Waals surface area contributed by atoms with E-state index in [1.165, 1.54) is 0 Å². The Balaban J connectivity index is 1.40. The Labute approximate surface area is 172 Å². The lowest BCUT2D eigenvalue weighted by atomic mass is 10.1. The molecule has 1 aliphatic heterocycles. The molecule has 2 heterocycles. The number of rotatable bonds is 7. The quantitative estimate of drug-likeness (QED) is 0.431. The van der Waals surface area contributed by atoms with Gasteiger partial charge in [0, 0.05) is 5.56 Å². The standard InChI is InChI=1S/C22H19NO7/c1-13-17(14(2)30-23-13)10-26-19-6-4-3-5-16(19)22(25)27-11-18(24)15-7-8-20-21(9-15)29-12-28-20/h3-9H,10-12H2,1-2H3. The molecule has 0 radical (unpaired) electrons. The number of aromatic nitrogens is 1. The zero-order chi connectivity index (χ0) is 21.1. The highest BCUT2D eigenvalue weighted by Gasteiger charge is 2.19. The van der Waals surface area contributed by atoms with Gasteiger partial charge in [-0.3, -0.25) is 4.79 Å². The van der Waals surface area contributed by atoms with Gasteiger partial charge in [-0.2, -0.15) is 0 Å². The number of ketones is 1. The van der Waals surface area contributed by atoms with Crippen molar-refractivity contribution in [2.24, 2.45) is 0 Å². The molecule has 0 atom stereocenters. The zero-order valence-electron chi connectivity index (χ0n) is 16.5. The van der Waals surface area contributed by atoms with E-state index in [0.29, 0.717) is 28.6 Å². The van der Waals surface area contributed by atoms with E-state index in [1.807, 2.05) is 6.92 Å². The van der Waals surface area contributed by atoms with Gasteiger partial charge in [-0.15, -0.1) is 0 Å². The molecule has 0 fully saturated rings. The summed E-state index contributed by atoms with van der Waals surface area (Å²) in [6, 6.07) is 11.5. The van der Waals surface area contributed by atoms with Crippen molar-refractivity contribution in [3.63, 3.8) is 0 Å². The summed E-state index contributed by atoms with van der Waals surface area (Å²) in [5, 5.41) is 3.88. The van der Waals surface area contributed by atoms with Gasteiger partial charge in [-0.1, -0.05) is 17.3 Å². The second-order valence-electron chi connectivity index (χ2n) is 6.65. The van der Waals surface area contributed by atoms with E-state index >= 15 is 0 Å². The summed E-state index contributed by atoms with van der Waals surface area (Å²) in [5.41, 5.74) is 2.13. The molecule has 8 heteroatoms. The molecule has 1 aromatic heterocycles. The smallest absolute Gasteiger partial charge is 0.342 e. The Hall–Kier alpha value is -3.81. The molecule has 2 aromatic carbocycles. The van der Waals surface area contributed by atoms with Crippen molar-refractivity contribution in [3.05, 3.63) is 70.6 Å². The lowest BCUT2D eigenvalue weighted by molar-refractivity contribution is 0.0470. The highest BCUT2D eigenvalue weighted by molar-refractivity contribution is 6.00. The van der Waals surface area contributed by atoms with Crippen LogP contribution < -0.4 is 14.2 Å². The Morgan fingerprint density at radius 2 is 1.87 bits per heavy atom. The van der Waals surface area contributed by atoms with E-state index < -0.39 is 12.6 Å². The first-order chi connectivity index (χ1) is 14.5. The lowest BCUT2D eigenvalue weighted by Gasteiger charge is -2.11. The topological polar surface area (TPSA) is 97.1 Å². The third-order valence-electron chi connectivity index (χ3n) is 4.69. The largest absolute Gasteiger partial charge is 0.488 e. The minimum absolute atomic E-state index is 0.118. The predicted molar refractivity (Wildman–Crippen MR) is 104 cm³/mol. The van der Waals surface area contributed by atoms with Crippen LogP contribution in [0.4, 0.5) is 0 Å². The number of Topliss-reactive ketones (excluding diaryl/α,β-unsaturated/α-hetero) is 1. The fourth-order valence-electron chi connectivity index (χ4n) is 2.98. The highest BCUT2D eigenvalue weighted by atomic mass is 16.7. The molecule has 0 unspecified atom stereocenters. The molecule has 0 spiro atoms. The molecular formula is C22H19NO7. The number of aryl methyl sites for hydroxylation is 2. The average molecular weight is 409 g/mol. The second kappa shape index (κ2) is 8.28. The molecule has 0 aliphatic carbocycles. The van der Waals surface area contributed by atoms with Gasteiger partial charge in [0.1, 0.15) is 23.7 Å². The van der Waals surface area contributed by atoms with Crippen molar-refractivity contribution >= 4 is 11.8 Å². The van der Waals surface area contributed by atoms with Gasteiger partial charge in [0.05, 0.1) is 11.3 Å². The Morgan fingerprint density at radius 3 is 2.67 bits per heavy atom. The lowest BCUT2D eigenvalue weighted by Crippen LogP contribution is -2.15. The number of hydrogen-bond donors (Lipinski definition) is 0. The monoisotopic (exact) mass is 409 g/mol. The van der Waals surface area contributed by atoms with Crippen LogP contribution in [0.3, 0.4) is 0 Å². The van der Waals surface area contributed by atoms with Crippen LogP contribution in [0.1, 0.15) is 37.7 Å². The number of ether oxygens (including phenoxy) is 4. The van der Waals surface area contributed by atoms with Crippen LogP contribution in [0.15, 0.2) is 47.0 Å². The number of carbonyl (C=O) groups excluding carboxylic acids is 2. The third-order valence-corrected chi connectivity index (χ3v) is 4.69. The van der Waals surface area contributed by atoms with E-state index in [2.05, 4.69) is 5.16 Å². The molecule has 8 nitrogen and oxygen atoms in total. The Morgan fingerprint density at radius 1 is 1.07 bits per heavy atom. The molecule has 3 aromatic rings. The van der Waals surface area contributed by atoms with Crippen LogP contribution >= 0.6 is 0 Å². The fourth-order valence-corrected chi connectivity index (χ4v) is 2.98. The van der Waals surface area contributed by atoms with Crippen LogP contribution in [0, 0.1) is 13.8 Å². The molecule has 0 saturated heterocycles. The van der Waals surface area contributed by atoms with Crippen molar-refractivity contribution in [1.29, 1.82) is 0 Å². The summed E-state index contributed by atoms with van der Waals surface area (Å²) < 4.78 is 26.6. The summed E-state index contributed by atoms with van der Waals surface area (Å²) >= 11 is 0. The number of nitrogens with zero attached hydrogens (tertiary/aromatic N) is 1. The summed E-state index contributed by atoms with van der Waals surface area (Å²) in [5.74, 6) is 1.06. The first kappa shape index (κ1) is 19.5. The predicted octanol–water partition coefficient (Wildman–Crippen LogP) is 3.64. The second-order valence-corrected chi connectivity index (χ2v) is 6.65. The molecule has 1 aliphatic rings. The average Bonchev–Trinajstić information content (AvgIpc) is 3.36. The van der Waals surface area contributed by atoms with Gasteiger partial charge in [0.25, 0.3) is 0 Å². The third kappa shape index (κ3) is 3.98. The fraction of sp³-hybridized carbons (Fsp3) is 0.227. The maximum Gasteiger partial charge on any atom is 0.342 e. The first-order valence-corrected chi connectivity index (χ1v) is 9.26. The summed E-state index contributed by atoms with van der Waals surface area (Å²) in [7, 11) is 0. The van der Waals surface area contributed by atoms with Gasteiger partial charge < -0.3 is 23.5 Å². The van der Waals surface area contributed by atoms with Crippen LogP contribution in [-0.2, 0) is 11.3 Å². The van der Waals surface area contributed by atoms with E-state index in [1.54, 1.807) is 49.4 Å². The molecule has 30 heavy (non-hydrogen) atoms. The first-order valence-electron chi connectivity index (χ1n) is 9.26. The zero-order valence-corrected chi connectivity index (χ0v) is 16.5. The SMILES string of the molecule is Cc1noc(C)c1COc1ccccc1C(=O)OCC(=O)c1ccc2c(c1)OCO2. The van der Waals surface area contributed by atoms with Gasteiger partial charge in [0.2, 0.25) is 6.79 Å². The van der Waals surface area contributed by atoms with E-state index in [9.17, 15) is 9.59 Å². The molecule has 0 saturated carbocycles. The highest BCUT2D eigenvalue weighted by Crippen LogP contribution is 2.32. The Kier molecular flexibility index (Phi) is 5.38. The summed E-state index contributed by atoms with van der Waals surface area (Å²) in [4.78, 5) is 25.0. The Bertz CT molecular complexity index is 1080. The van der Waals surface area contributed by atoms with Crippen molar-refractivity contribution < 1.29 is 33.1 Å². The molecule has 0 bridgehead atoms. The number of carbonyl (C=O) groups is 2. The summed E-state index contributed by atoms with van der Waals surface area (Å²) in [6.45, 7) is 3.52. The van der Waals surface area contributed by atoms with Crippen molar-refractivity contribution in [2.45, 2.75) is 20.5 Å². The van der Waals surface area contributed by atoms with E-state index in [4.69, 9.17) is 23.5 Å². The van der Waals surface area contributed by atoms with E-state index in [0.717, 1.165) is 11.3 Å². The number of para-hydroxylation sites is 1. The number of esters is 1. The van der Waals surface area contributed by atoms with Crippen LogP contribution in [0.5, 0.6) is 17.2 Å². The maximum atomic E-state index is 12.6. The van der Waals surface area contributed by atoms with Crippen molar-refractivity contribution in [1.82, 2.24) is 5.16 Å². The molecule has 0 N–H and O–H groups in total. The van der Waals surface area contributed by atoms with Crippen LogP contribution in [0.25, 0.3) is 0 Å². The maximum absolute atomic E-state index is 12.6. The van der Waals surface area contributed by atoms with Crippen LogP contribution in [0.2, 0.25) is 0 Å². The van der Waals surface area contributed by atoms with Crippen molar-refractivity contribution in [3.8, 4) is 17.2 Å². The van der Waals surface area contributed by atoms with Gasteiger partial charge in [-0.25, -0.2) is 4.79 Å².